The molecule has 4 aromatic rings. The van der Waals surface area contributed by atoms with E-state index >= 15 is 0 Å². The fourth-order valence-electron chi connectivity index (χ4n) is 3.12. The maximum Gasteiger partial charge on any atom is 0.240 e. The number of likely N-dealkylation sites (N-methyl/N-ethyl adjacent to an activating group) is 1. The minimum absolute atomic E-state index is 0.192. The lowest BCUT2D eigenvalue weighted by Gasteiger charge is -2.11. The molecule has 0 spiro atoms. The molecule has 3 heterocycles. The van der Waals surface area contributed by atoms with Gasteiger partial charge in [0.15, 0.2) is 17.3 Å². The van der Waals surface area contributed by atoms with E-state index in [9.17, 15) is 8.42 Å². The van der Waals surface area contributed by atoms with E-state index in [-0.39, 0.29) is 4.90 Å². The zero-order chi connectivity index (χ0) is 24.8. The number of hydrazone groups is 1. The first-order valence-corrected chi connectivity index (χ1v) is 12.1. The van der Waals surface area contributed by atoms with Crippen LogP contribution in [-0.2, 0) is 10.0 Å². The molecule has 2 N–H and O–H groups in total. The van der Waals surface area contributed by atoms with Crippen molar-refractivity contribution in [3.8, 4) is 11.7 Å². The SMILES string of the molecule is COc1cccc(-n2ncc3c(N/N=C/c4ccc(S(=O)(=O)NCCN(C)C)cc4)ncnc32)n1. The molecule has 0 radical (unpaired) electrons. The molecule has 0 saturated carbocycles. The summed E-state index contributed by atoms with van der Waals surface area (Å²) >= 11 is 0. The number of sulfonamides is 1. The fraction of sp³-hybridized carbons (Fsp3) is 0.227. The molecule has 0 aliphatic rings. The van der Waals surface area contributed by atoms with Gasteiger partial charge in [-0.05, 0) is 37.9 Å². The lowest BCUT2D eigenvalue weighted by Crippen LogP contribution is -2.31. The van der Waals surface area contributed by atoms with Crippen LogP contribution in [0.3, 0.4) is 0 Å². The highest BCUT2D eigenvalue weighted by atomic mass is 32.2. The monoisotopic (exact) mass is 495 g/mol. The van der Waals surface area contributed by atoms with Gasteiger partial charge in [-0.25, -0.2) is 23.1 Å². The van der Waals surface area contributed by atoms with Crippen LogP contribution in [0.1, 0.15) is 5.56 Å². The van der Waals surface area contributed by atoms with Gasteiger partial charge in [0.05, 0.1) is 29.8 Å². The van der Waals surface area contributed by atoms with Crippen molar-refractivity contribution in [1.29, 1.82) is 0 Å². The number of nitrogens with zero attached hydrogens (tertiary/aromatic N) is 7. The van der Waals surface area contributed by atoms with Gasteiger partial charge < -0.3 is 9.64 Å². The van der Waals surface area contributed by atoms with Crippen molar-refractivity contribution in [2.24, 2.45) is 5.10 Å². The lowest BCUT2D eigenvalue weighted by atomic mass is 10.2. The zero-order valence-electron chi connectivity index (χ0n) is 19.5. The molecule has 0 unspecified atom stereocenters. The van der Waals surface area contributed by atoms with Gasteiger partial charge in [-0.1, -0.05) is 18.2 Å². The molecule has 0 bridgehead atoms. The first-order valence-electron chi connectivity index (χ1n) is 10.6. The van der Waals surface area contributed by atoms with Crippen LogP contribution in [0.4, 0.5) is 5.82 Å². The summed E-state index contributed by atoms with van der Waals surface area (Å²) in [5, 5.41) is 9.25. The first kappa shape index (κ1) is 24.2. The van der Waals surface area contributed by atoms with Crippen molar-refractivity contribution >= 4 is 33.1 Å². The van der Waals surface area contributed by atoms with Crippen LogP contribution in [0.25, 0.3) is 16.9 Å². The highest BCUT2D eigenvalue weighted by Gasteiger charge is 2.14. The predicted octanol–water partition coefficient (Wildman–Crippen LogP) is 1.50. The number of benzene rings is 1. The summed E-state index contributed by atoms with van der Waals surface area (Å²) in [6, 6.07) is 11.8. The maximum atomic E-state index is 12.4. The number of pyridine rings is 1. The summed E-state index contributed by atoms with van der Waals surface area (Å²) in [6.07, 6.45) is 4.59. The predicted molar refractivity (Wildman–Crippen MR) is 132 cm³/mol. The van der Waals surface area contributed by atoms with Gasteiger partial charge in [-0.2, -0.15) is 19.9 Å². The third kappa shape index (κ3) is 5.77. The second kappa shape index (κ2) is 10.5. The van der Waals surface area contributed by atoms with E-state index in [1.807, 2.05) is 25.1 Å². The Morgan fingerprint density at radius 3 is 2.69 bits per heavy atom. The van der Waals surface area contributed by atoms with Crippen LogP contribution in [0.15, 0.2) is 65.0 Å². The number of methoxy groups -OCH3 is 1. The Labute approximate surface area is 202 Å². The van der Waals surface area contributed by atoms with Gasteiger partial charge >= 0.3 is 0 Å². The molecule has 0 amide bonds. The molecular weight excluding hydrogens is 470 g/mol. The average molecular weight is 496 g/mol. The molecule has 0 saturated heterocycles. The molecule has 13 heteroatoms. The number of fused-ring (bicyclic) bond motifs is 1. The second-order valence-corrected chi connectivity index (χ2v) is 9.46. The summed E-state index contributed by atoms with van der Waals surface area (Å²) in [4.78, 5) is 15.0. The van der Waals surface area contributed by atoms with E-state index in [1.165, 1.54) is 18.5 Å². The number of rotatable bonds is 10. The van der Waals surface area contributed by atoms with Crippen LogP contribution in [-0.4, -0.2) is 78.6 Å². The number of ether oxygens (including phenoxy) is 1. The molecule has 0 fully saturated rings. The third-order valence-corrected chi connectivity index (χ3v) is 6.40. The van der Waals surface area contributed by atoms with Gasteiger partial charge in [0.2, 0.25) is 15.9 Å². The van der Waals surface area contributed by atoms with Crippen molar-refractivity contribution in [2.75, 3.05) is 39.7 Å². The van der Waals surface area contributed by atoms with E-state index in [1.54, 1.807) is 48.5 Å². The van der Waals surface area contributed by atoms with Crippen molar-refractivity contribution in [1.82, 2.24) is 34.4 Å². The summed E-state index contributed by atoms with van der Waals surface area (Å²) in [5.74, 6) is 1.48. The standard InChI is InChI=1S/C22H25N9O3S/c1-30(2)12-11-27-35(32,33)17-9-7-16(8-10-17)13-25-29-21-18-14-26-31(22(18)24-15-23-21)19-5-4-6-20(28-19)34-3/h4-10,13-15,27H,11-12H2,1-3H3,(H,23,24,29)/b25-13+. The quantitative estimate of drug-likeness (QED) is 0.247. The van der Waals surface area contributed by atoms with E-state index < -0.39 is 10.0 Å². The Balaban J connectivity index is 1.46. The Bertz CT molecular complexity index is 1430. The normalized spacial score (nSPS) is 12.0. The highest BCUT2D eigenvalue weighted by Crippen LogP contribution is 2.21. The second-order valence-electron chi connectivity index (χ2n) is 7.69. The Morgan fingerprint density at radius 2 is 1.94 bits per heavy atom. The summed E-state index contributed by atoms with van der Waals surface area (Å²) < 4.78 is 34.1. The van der Waals surface area contributed by atoms with Gasteiger partial charge in [0.25, 0.3) is 0 Å². The van der Waals surface area contributed by atoms with Crippen LogP contribution >= 0.6 is 0 Å². The number of anilines is 1. The molecule has 182 valence electrons. The van der Waals surface area contributed by atoms with Gasteiger partial charge in [-0.3, -0.25) is 5.43 Å². The minimum atomic E-state index is -3.56. The van der Waals surface area contributed by atoms with Crippen molar-refractivity contribution < 1.29 is 13.2 Å². The van der Waals surface area contributed by atoms with Crippen LogP contribution in [0, 0.1) is 0 Å². The van der Waals surface area contributed by atoms with Crippen molar-refractivity contribution in [3.05, 3.63) is 60.6 Å². The Kier molecular flexibility index (Phi) is 7.29. The number of hydrogen-bond acceptors (Lipinski definition) is 10. The Hall–Kier alpha value is -3.94. The topological polar surface area (TPSA) is 140 Å². The zero-order valence-corrected chi connectivity index (χ0v) is 20.3. The largest absolute Gasteiger partial charge is 0.481 e. The summed E-state index contributed by atoms with van der Waals surface area (Å²) in [5.41, 5.74) is 4.16. The molecule has 0 aliphatic heterocycles. The van der Waals surface area contributed by atoms with Gasteiger partial charge in [0.1, 0.15) is 6.33 Å². The third-order valence-electron chi connectivity index (χ3n) is 4.93. The molecule has 1 aromatic carbocycles. The molecule has 35 heavy (non-hydrogen) atoms. The van der Waals surface area contributed by atoms with Crippen LogP contribution in [0.5, 0.6) is 5.88 Å². The van der Waals surface area contributed by atoms with Crippen molar-refractivity contribution in [2.45, 2.75) is 4.90 Å². The minimum Gasteiger partial charge on any atom is -0.481 e. The molecular formula is C22H25N9O3S. The molecule has 0 aliphatic carbocycles. The van der Waals surface area contributed by atoms with Crippen molar-refractivity contribution in [3.63, 3.8) is 0 Å². The average Bonchev–Trinajstić information content (AvgIpc) is 3.29. The van der Waals surface area contributed by atoms with Gasteiger partial charge in [0, 0.05) is 19.2 Å². The van der Waals surface area contributed by atoms with E-state index in [0.29, 0.717) is 47.2 Å². The highest BCUT2D eigenvalue weighted by molar-refractivity contribution is 7.89. The summed E-state index contributed by atoms with van der Waals surface area (Å²) in [6.45, 7) is 0.946. The fourth-order valence-corrected chi connectivity index (χ4v) is 4.15. The summed E-state index contributed by atoms with van der Waals surface area (Å²) in [7, 11) is 1.75. The number of hydrogen-bond donors (Lipinski definition) is 2. The molecule has 4 rings (SSSR count). The van der Waals surface area contributed by atoms with E-state index in [0.717, 1.165) is 0 Å². The maximum absolute atomic E-state index is 12.4. The first-order chi connectivity index (χ1) is 16.9. The molecule has 3 aromatic heterocycles. The van der Waals surface area contributed by atoms with E-state index in [4.69, 9.17) is 4.74 Å². The number of aromatic nitrogens is 5. The Morgan fingerprint density at radius 1 is 1.14 bits per heavy atom. The van der Waals surface area contributed by atoms with E-state index in [2.05, 4.69) is 35.3 Å². The molecule has 12 nitrogen and oxygen atoms in total. The molecule has 0 atom stereocenters. The lowest BCUT2D eigenvalue weighted by molar-refractivity contribution is 0.397. The van der Waals surface area contributed by atoms with Gasteiger partial charge in [-0.15, -0.1) is 0 Å². The van der Waals surface area contributed by atoms with Crippen LogP contribution in [0.2, 0.25) is 0 Å². The smallest absolute Gasteiger partial charge is 0.240 e. The number of nitrogens with one attached hydrogen (secondary N) is 2. The van der Waals surface area contributed by atoms with Crippen LogP contribution < -0.4 is 14.9 Å².